The normalized spacial score (nSPS) is 10.9. The molecule has 0 atom stereocenters. The van der Waals surface area contributed by atoms with E-state index in [0.29, 0.717) is 17.7 Å². The third-order valence-corrected chi connectivity index (χ3v) is 4.67. The van der Waals surface area contributed by atoms with Crippen molar-refractivity contribution in [2.45, 2.75) is 6.92 Å². The highest BCUT2D eigenvalue weighted by Gasteiger charge is 2.17. The van der Waals surface area contributed by atoms with E-state index in [9.17, 15) is 4.79 Å². The summed E-state index contributed by atoms with van der Waals surface area (Å²) in [5.41, 5.74) is 5.15. The van der Waals surface area contributed by atoms with E-state index >= 15 is 0 Å². The Labute approximate surface area is 168 Å². The molecule has 0 unspecified atom stereocenters. The summed E-state index contributed by atoms with van der Waals surface area (Å²) in [5.74, 6) is -0.386. The lowest BCUT2D eigenvalue weighted by Crippen LogP contribution is -2.39. The number of carbonyl (C=O) groups excluding carboxylic acids is 1. The number of aromatic nitrogens is 4. The van der Waals surface area contributed by atoms with Crippen molar-refractivity contribution in [3.8, 4) is 22.3 Å². The number of ether oxygens (including phenoxy) is 1. The van der Waals surface area contributed by atoms with E-state index in [0.717, 1.165) is 27.6 Å². The van der Waals surface area contributed by atoms with Crippen molar-refractivity contribution in [3.63, 3.8) is 0 Å². The zero-order valence-corrected chi connectivity index (χ0v) is 16.5. The average Bonchev–Trinajstić information content (AvgIpc) is 3.19. The minimum Gasteiger partial charge on any atom is -0.462 e. The molecule has 0 aliphatic carbocycles. The van der Waals surface area contributed by atoms with Gasteiger partial charge in [0.05, 0.1) is 23.9 Å². The van der Waals surface area contributed by atoms with Crippen molar-refractivity contribution in [3.05, 3.63) is 66.9 Å². The second-order valence-corrected chi connectivity index (χ2v) is 6.57. The lowest BCUT2D eigenvalue weighted by Gasteiger charge is -2.08. The molecular weight excluding hydrogens is 368 g/mol. The predicted octanol–water partition coefficient (Wildman–Crippen LogP) is 2.82. The van der Waals surface area contributed by atoms with E-state index in [1.165, 1.54) is 6.20 Å². The van der Waals surface area contributed by atoms with Gasteiger partial charge in [-0.15, -0.1) is 0 Å². The van der Waals surface area contributed by atoms with E-state index in [1.54, 1.807) is 29.6 Å². The van der Waals surface area contributed by atoms with E-state index < -0.39 is 0 Å². The SMILES string of the molecule is CCOC(=O)c1cnc2c[n+](OC)cc(-c3ccc(-c4cnn(C)c4)cc3)c2c1. The molecule has 0 spiro atoms. The van der Waals surface area contributed by atoms with Gasteiger partial charge in [0.15, 0.2) is 0 Å². The zero-order chi connectivity index (χ0) is 20.4. The third-order valence-electron chi connectivity index (χ3n) is 4.67. The largest absolute Gasteiger partial charge is 0.462 e. The van der Waals surface area contributed by atoms with Crippen LogP contribution in [0.25, 0.3) is 33.2 Å². The van der Waals surface area contributed by atoms with Gasteiger partial charge in [0, 0.05) is 35.1 Å². The molecule has 4 aromatic rings. The molecule has 0 N–H and O–H groups in total. The minimum absolute atomic E-state index is 0.317. The number of fused-ring (bicyclic) bond motifs is 1. The topological polar surface area (TPSA) is 70.1 Å². The van der Waals surface area contributed by atoms with Gasteiger partial charge in [0.1, 0.15) is 12.6 Å². The molecule has 0 saturated carbocycles. The first-order valence-corrected chi connectivity index (χ1v) is 9.25. The Morgan fingerprint density at radius 1 is 1.10 bits per heavy atom. The van der Waals surface area contributed by atoms with Gasteiger partial charge >= 0.3 is 5.97 Å². The van der Waals surface area contributed by atoms with Crippen LogP contribution in [0.4, 0.5) is 0 Å². The molecule has 3 heterocycles. The van der Waals surface area contributed by atoms with Crippen LogP contribution in [0, 0.1) is 0 Å². The lowest BCUT2D eigenvalue weighted by atomic mass is 9.99. The van der Waals surface area contributed by atoms with Crippen LogP contribution in [0.5, 0.6) is 0 Å². The molecule has 29 heavy (non-hydrogen) atoms. The first-order valence-electron chi connectivity index (χ1n) is 9.25. The summed E-state index contributed by atoms with van der Waals surface area (Å²) in [6.45, 7) is 2.10. The van der Waals surface area contributed by atoms with Crippen molar-refractivity contribution in [2.24, 2.45) is 7.05 Å². The molecular formula is C22H21N4O3+. The fourth-order valence-electron chi connectivity index (χ4n) is 3.22. The number of hydrogen-bond donors (Lipinski definition) is 0. The summed E-state index contributed by atoms with van der Waals surface area (Å²) in [5, 5.41) is 5.07. The van der Waals surface area contributed by atoms with Crippen LogP contribution in [0.1, 0.15) is 17.3 Å². The number of hydrogen-bond acceptors (Lipinski definition) is 5. The quantitative estimate of drug-likeness (QED) is 0.388. The lowest BCUT2D eigenvalue weighted by molar-refractivity contribution is -0.884. The standard InChI is InChI=1S/C22H21N4O3/c1-4-29-22(27)17-9-19-20(13-26(28-3)14-21(19)23-10-17)16-7-5-15(6-8-16)18-11-24-25(2)12-18/h5-14H,4H2,1-3H3/q+1. The molecule has 7 nitrogen and oxygen atoms in total. The zero-order valence-electron chi connectivity index (χ0n) is 16.5. The molecule has 0 amide bonds. The number of rotatable bonds is 5. The van der Waals surface area contributed by atoms with E-state index in [2.05, 4.69) is 10.1 Å². The highest BCUT2D eigenvalue weighted by Crippen LogP contribution is 2.29. The Balaban J connectivity index is 1.82. The van der Waals surface area contributed by atoms with Gasteiger partial charge in [-0.3, -0.25) is 9.52 Å². The van der Waals surface area contributed by atoms with Crippen LogP contribution >= 0.6 is 0 Å². The van der Waals surface area contributed by atoms with Crippen LogP contribution in [0.3, 0.4) is 0 Å². The summed E-state index contributed by atoms with van der Waals surface area (Å²) in [6, 6.07) is 9.98. The van der Waals surface area contributed by atoms with Gasteiger partial charge in [0.2, 0.25) is 12.4 Å². The minimum atomic E-state index is -0.386. The highest BCUT2D eigenvalue weighted by molar-refractivity contribution is 5.99. The van der Waals surface area contributed by atoms with Gasteiger partial charge in [-0.25, -0.2) is 9.78 Å². The van der Waals surface area contributed by atoms with Gasteiger partial charge in [0.25, 0.3) is 0 Å². The van der Waals surface area contributed by atoms with Crippen LogP contribution in [-0.2, 0) is 11.8 Å². The number of nitrogens with zero attached hydrogens (tertiary/aromatic N) is 4. The van der Waals surface area contributed by atoms with Gasteiger partial charge in [-0.2, -0.15) is 5.10 Å². The third kappa shape index (κ3) is 3.67. The maximum absolute atomic E-state index is 12.2. The molecule has 4 rings (SSSR count). The summed E-state index contributed by atoms with van der Waals surface area (Å²) < 4.78 is 8.49. The van der Waals surface area contributed by atoms with Gasteiger partial charge < -0.3 is 4.74 Å². The van der Waals surface area contributed by atoms with Gasteiger partial charge in [-0.1, -0.05) is 24.3 Å². The van der Waals surface area contributed by atoms with Crippen molar-refractivity contribution in [2.75, 3.05) is 13.7 Å². The van der Waals surface area contributed by atoms with Crippen molar-refractivity contribution < 1.29 is 19.1 Å². The van der Waals surface area contributed by atoms with E-state index in [4.69, 9.17) is 9.57 Å². The molecule has 3 aromatic heterocycles. The number of carbonyl (C=O) groups is 1. The van der Waals surface area contributed by atoms with Crippen molar-refractivity contribution >= 4 is 16.9 Å². The first-order chi connectivity index (χ1) is 14.1. The van der Waals surface area contributed by atoms with Crippen molar-refractivity contribution in [1.82, 2.24) is 14.8 Å². The molecule has 1 aromatic carbocycles. The average molecular weight is 389 g/mol. The number of esters is 1. The smallest absolute Gasteiger partial charge is 0.339 e. The Morgan fingerprint density at radius 3 is 2.52 bits per heavy atom. The summed E-state index contributed by atoms with van der Waals surface area (Å²) >= 11 is 0. The van der Waals surface area contributed by atoms with Gasteiger partial charge in [-0.05, 0) is 24.1 Å². The Kier molecular flexibility index (Phi) is 4.95. The molecule has 0 saturated heterocycles. The summed E-state index contributed by atoms with van der Waals surface area (Å²) in [6.07, 6.45) is 8.98. The van der Waals surface area contributed by atoms with E-state index in [-0.39, 0.29) is 5.97 Å². The molecule has 146 valence electrons. The van der Waals surface area contributed by atoms with Crippen molar-refractivity contribution in [1.29, 1.82) is 0 Å². The monoisotopic (exact) mass is 389 g/mol. The summed E-state index contributed by atoms with van der Waals surface area (Å²) in [4.78, 5) is 22.0. The fourth-order valence-corrected chi connectivity index (χ4v) is 3.22. The number of aryl methyl sites for hydroxylation is 1. The first kappa shape index (κ1) is 18.6. The highest BCUT2D eigenvalue weighted by atomic mass is 16.6. The fraction of sp³-hybridized carbons (Fsp3) is 0.182. The molecule has 0 radical (unpaired) electrons. The molecule has 7 heteroatoms. The van der Waals surface area contributed by atoms with E-state index in [1.807, 2.05) is 56.0 Å². The Morgan fingerprint density at radius 2 is 1.86 bits per heavy atom. The molecule has 0 aliphatic heterocycles. The Hall–Kier alpha value is -3.74. The molecule has 0 fully saturated rings. The second kappa shape index (κ2) is 7.71. The van der Waals surface area contributed by atoms with Crippen LogP contribution in [0.2, 0.25) is 0 Å². The maximum Gasteiger partial charge on any atom is 0.339 e. The van der Waals surface area contributed by atoms with Crippen LogP contribution in [-0.4, -0.2) is 34.5 Å². The van der Waals surface area contributed by atoms with Crippen LogP contribution in [0.15, 0.2) is 61.3 Å². The molecule has 0 aliphatic rings. The predicted molar refractivity (Wildman–Crippen MR) is 108 cm³/mol. The second-order valence-electron chi connectivity index (χ2n) is 6.57. The van der Waals surface area contributed by atoms with Crippen LogP contribution < -0.4 is 9.57 Å². The molecule has 0 bridgehead atoms. The Bertz CT molecular complexity index is 1180. The number of benzene rings is 1. The maximum atomic E-state index is 12.2. The number of pyridine rings is 2. The summed E-state index contributed by atoms with van der Waals surface area (Å²) in [7, 11) is 3.49.